The molecule has 1 N–H and O–H groups in total. The van der Waals surface area contributed by atoms with E-state index in [1.807, 2.05) is 35.7 Å². The molecule has 0 fully saturated rings. The zero-order chi connectivity index (χ0) is 14.7. The van der Waals surface area contributed by atoms with E-state index in [-0.39, 0.29) is 0 Å². The molecule has 0 spiro atoms. The number of methoxy groups -OCH3 is 1. The van der Waals surface area contributed by atoms with E-state index < -0.39 is 0 Å². The summed E-state index contributed by atoms with van der Waals surface area (Å²) in [5.41, 5.74) is 1.06. The lowest BCUT2D eigenvalue weighted by molar-refractivity contribution is 0.298. The number of ether oxygens (including phenoxy) is 2. The molecule has 0 radical (unpaired) electrons. The van der Waals surface area contributed by atoms with Gasteiger partial charge in [0.25, 0.3) is 0 Å². The SMILES string of the molecule is CNc1nc(OCc2ccc(OC)cc2)c2ccsc2n1. The Balaban J connectivity index is 1.81. The van der Waals surface area contributed by atoms with E-state index in [1.165, 1.54) is 0 Å². The zero-order valence-electron chi connectivity index (χ0n) is 11.8. The van der Waals surface area contributed by atoms with Gasteiger partial charge in [0.15, 0.2) is 0 Å². The molecule has 0 amide bonds. The molecule has 6 heteroatoms. The Morgan fingerprint density at radius 3 is 2.67 bits per heavy atom. The Hall–Kier alpha value is -2.34. The van der Waals surface area contributed by atoms with Crippen molar-refractivity contribution in [3.05, 3.63) is 41.3 Å². The third-order valence-corrected chi connectivity index (χ3v) is 3.85. The molecule has 0 saturated carbocycles. The molecule has 21 heavy (non-hydrogen) atoms. The highest BCUT2D eigenvalue weighted by Gasteiger charge is 2.09. The fourth-order valence-corrected chi connectivity index (χ4v) is 2.68. The molecule has 0 unspecified atom stereocenters. The smallest absolute Gasteiger partial charge is 0.227 e. The summed E-state index contributed by atoms with van der Waals surface area (Å²) in [6.45, 7) is 0.453. The van der Waals surface area contributed by atoms with Crippen LogP contribution in [0.4, 0.5) is 5.95 Å². The fourth-order valence-electron chi connectivity index (χ4n) is 1.92. The van der Waals surface area contributed by atoms with Gasteiger partial charge in [0.2, 0.25) is 11.8 Å². The average molecular weight is 301 g/mol. The first-order valence-electron chi connectivity index (χ1n) is 6.49. The highest BCUT2D eigenvalue weighted by Crippen LogP contribution is 2.28. The third-order valence-electron chi connectivity index (χ3n) is 3.05. The number of nitrogens with zero attached hydrogens (tertiary/aromatic N) is 2. The molecule has 0 saturated heterocycles. The molecule has 1 aromatic carbocycles. The molecular formula is C15H15N3O2S. The maximum atomic E-state index is 5.85. The largest absolute Gasteiger partial charge is 0.497 e. The zero-order valence-corrected chi connectivity index (χ0v) is 12.6. The van der Waals surface area contributed by atoms with E-state index in [0.717, 1.165) is 21.5 Å². The van der Waals surface area contributed by atoms with E-state index in [4.69, 9.17) is 9.47 Å². The molecule has 108 valence electrons. The van der Waals surface area contributed by atoms with Crippen LogP contribution >= 0.6 is 11.3 Å². The summed E-state index contributed by atoms with van der Waals surface area (Å²) >= 11 is 1.57. The van der Waals surface area contributed by atoms with Crippen molar-refractivity contribution >= 4 is 27.5 Å². The first kappa shape index (κ1) is 13.6. The topological polar surface area (TPSA) is 56.3 Å². The lowest BCUT2D eigenvalue weighted by Gasteiger charge is -2.08. The van der Waals surface area contributed by atoms with Gasteiger partial charge >= 0.3 is 0 Å². The van der Waals surface area contributed by atoms with Crippen LogP contribution in [0.2, 0.25) is 0 Å². The maximum Gasteiger partial charge on any atom is 0.227 e. The van der Waals surface area contributed by atoms with E-state index in [1.54, 1.807) is 25.5 Å². The molecule has 0 aliphatic rings. The van der Waals surface area contributed by atoms with Crippen molar-refractivity contribution in [3.63, 3.8) is 0 Å². The predicted octanol–water partition coefficient (Wildman–Crippen LogP) is 3.32. The number of nitrogens with one attached hydrogen (secondary N) is 1. The van der Waals surface area contributed by atoms with Crippen molar-refractivity contribution in [3.8, 4) is 11.6 Å². The monoisotopic (exact) mass is 301 g/mol. The Morgan fingerprint density at radius 2 is 1.95 bits per heavy atom. The summed E-state index contributed by atoms with van der Waals surface area (Å²) in [6.07, 6.45) is 0. The Bertz CT molecular complexity index is 740. The number of aromatic nitrogens is 2. The Morgan fingerprint density at radius 1 is 1.14 bits per heavy atom. The minimum Gasteiger partial charge on any atom is -0.497 e. The highest BCUT2D eigenvalue weighted by atomic mass is 32.1. The van der Waals surface area contributed by atoms with E-state index in [9.17, 15) is 0 Å². The minimum atomic E-state index is 0.453. The van der Waals surface area contributed by atoms with E-state index in [2.05, 4.69) is 15.3 Å². The van der Waals surface area contributed by atoms with E-state index in [0.29, 0.717) is 18.4 Å². The number of fused-ring (bicyclic) bond motifs is 1. The number of rotatable bonds is 5. The summed E-state index contributed by atoms with van der Waals surface area (Å²) in [4.78, 5) is 9.69. The lowest BCUT2D eigenvalue weighted by Crippen LogP contribution is -2.01. The molecule has 0 aliphatic heterocycles. The van der Waals surface area contributed by atoms with Gasteiger partial charge in [-0.05, 0) is 29.1 Å². The number of hydrogen-bond acceptors (Lipinski definition) is 6. The van der Waals surface area contributed by atoms with Gasteiger partial charge in [-0.25, -0.2) is 4.98 Å². The normalized spacial score (nSPS) is 10.6. The Kier molecular flexibility index (Phi) is 3.87. The molecule has 0 bridgehead atoms. The summed E-state index contributed by atoms with van der Waals surface area (Å²) in [7, 11) is 3.45. The number of benzene rings is 1. The van der Waals surface area contributed by atoms with Crippen molar-refractivity contribution < 1.29 is 9.47 Å². The Labute approximate surface area is 126 Å². The third kappa shape index (κ3) is 2.90. The summed E-state index contributed by atoms with van der Waals surface area (Å²) in [6, 6.07) is 9.76. The van der Waals surface area contributed by atoms with Crippen LogP contribution in [-0.2, 0) is 6.61 Å². The molecule has 0 atom stereocenters. The van der Waals surface area contributed by atoms with Crippen molar-refractivity contribution in [2.45, 2.75) is 6.61 Å². The van der Waals surface area contributed by atoms with Crippen molar-refractivity contribution in [1.29, 1.82) is 0 Å². The van der Waals surface area contributed by atoms with Gasteiger partial charge < -0.3 is 14.8 Å². The van der Waals surface area contributed by atoms with Gasteiger partial charge in [-0.1, -0.05) is 12.1 Å². The van der Waals surface area contributed by atoms with Crippen molar-refractivity contribution in [1.82, 2.24) is 9.97 Å². The van der Waals surface area contributed by atoms with Gasteiger partial charge in [-0.3, -0.25) is 0 Å². The summed E-state index contributed by atoms with van der Waals surface area (Å²) in [5, 5.41) is 5.87. The minimum absolute atomic E-state index is 0.453. The maximum absolute atomic E-state index is 5.85. The van der Waals surface area contributed by atoms with Crippen LogP contribution in [0.15, 0.2) is 35.7 Å². The molecule has 2 heterocycles. The van der Waals surface area contributed by atoms with Crippen molar-refractivity contribution in [2.75, 3.05) is 19.5 Å². The second-order valence-corrected chi connectivity index (χ2v) is 5.27. The molecule has 5 nitrogen and oxygen atoms in total. The first-order chi connectivity index (χ1) is 10.3. The molecular weight excluding hydrogens is 286 g/mol. The second-order valence-electron chi connectivity index (χ2n) is 4.38. The van der Waals surface area contributed by atoms with Crippen LogP contribution in [0.25, 0.3) is 10.2 Å². The quantitative estimate of drug-likeness (QED) is 0.783. The number of hydrogen-bond donors (Lipinski definition) is 1. The molecule has 2 aromatic heterocycles. The second kappa shape index (κ2) is 5.97. The number of thiophene rings is 1. The summed E-state index contributed by atoms with van der Waals surface area (Å²) in [5.74, 6) is 1.99. The van der Waals surface area contributed by atoms with Crippen LogP contribution in [0, 0.1) is 0 Å². The molecule has 3 aromatic rings. The van der Waals surface area contributed by atoms with E-state index >= 15 is 0 Å². The standard InChI is InChI=1S/C15H15N3O2S/c1-16-15-17-13(12-7-8-21-14(12)18-15)20-9-10-3-5-11(19-2)6-4-10/h3-8H,9H2,1-2H3,(H,16,17,18). The highest BCUT2D eigenvalue weighted by molar-refractivity contribution is 7.16. The van der Waals surface area contributed by atoms with Crippen LogP contribution in [-0.4, -0.2) is 24.1 Å². The van der Waals surface area contributed by atoms with Crippen LogP contribution < -0.4 is 14.8 Å². The lowest BCUT2D eigenvalue weighted by atomic mass is 10.2. The summed E-state index contributed by atoms with van der Waals surface area (Å²) < 4.78 is 11.0. The van der Waals surface area contributed by atoms with Gasteiger partial charge in [0.05, 0.1) is 12.5 Å². The van der Waals surface area contributed by atoms with Crippen LogP contribution in [0.3, 0.4) is 0 Å². The average Bonchev–Trinajstić information content (AvgIpc) is 3.01. The van der Waals surface area contributed by atoms with Crippen LogP contribution in [0.5, 0.6) is 11.6 Å². The fraction of sp³-hybridized carbons (Fsp3) is 0.200. The van der Waals surface area contributed by atoms with Gasteiger partial charge in [0.1, 0.15) is 17.2 Å². The van der Waals surface area contributed by atoms with Gasteiger partial charge in [-0.2, -0.15) is 4.98 Å². The van der Waals surface area contributed by atoms with Crippen molar-refractivity contribution in [2.24, 2.45) is 0 Å². The predicted molar refractivity (Wildman–Crippen MR) is 84.3 cm³/mol. The van der Waals surface area contributed by atoms with Crippen LogP contribution in [0.1, 0.15) is 5.56 Å². The van der Waals surface area contributed by atoms with Gasteiger partial charge in [-0.15, -0.1) is 11.3 Å². The van der Waals surface area contributed by atoms with Gasteiger partial charge in [0, 0.05) is 7.05 Å². The number of anilines is 1. The molecule has 3 rings (SSSR count). The first-order valence-corrected chi connectivity index (χ1v) is 7.37. The molecule has 0 aliphatic carbocycles.